The molecule has 2 aromatic carbocycles. The van der Waals surface area contributed by atoms with E-state index in [0.717, 1.165) is 23.1 Å². The third-order valence-electron chi connectivity index (χ3n) is 3.06. The van der Waals surface area contributed by atoms with Crippen LogP contribution in [0.3, 0.4) is 0 Å². The van der Waals surface area contributed by atoms with E-state index in [-0.39, 0.29) is 0 Å². The number of benzene rings is 2. The molecule has 0 heterocycles. The Hall–Kier alpha value is -0.800. The summed E-state index contributed by atoms with van der Waals surface area (Å²) in [6.45, 7) is 0. The van der Waals surface area contributed by atoms with Crippen molar-refractivity contribution in [3.05, 3.63) is 64.1 Å². The molecule has 1 unspecified atom stereocenters. The topological polar surface area (TPSA) is 9.23 Å². The van der Waals surface area contributed by atoms with Gasteiger partial charge in [0, 0.05) is 4.83 Å². The predicted octanol–water partition coefficient (Wildman–Crippen LogP) is 5.53. The minimum absolute atomic E-state index is 0.398. The van der Waals surface area contributed by atoms with Gasteiger partial charge >= 0.3 is 0 Å². The van der Waals surface area contributed by atoms with Crippen LogP contribution in [0.1, 0.15) is 22.4 Å². The molecule has 1 atom stereocenters. The molecular weight excluding hydrogens is 368 g/mol. The number of rotatable bonds is 5. The van der Waals surface area contributed by atoms with Crippen LogP contribution in [-0.4, -0.2) is 7.11 Å². The Labute approximate surface area is 131 Å². The molecule has 0 bridgehead atoms. The van der Waals surface area contributed by atoms with Crippen molar-refractivity contribution in [1.29, 1.82) is 0 Å². The molecule has 100 valence electrons. The maximum absolute atomic E-state index is 5.24. The van der Waals surface area contributed by atoms with Crippen molar-refractivity contribution in [2.45, 2.75) is 17.7 Å². The van der Waals surface area contributed by atoms with E-state index in [0.29, 0.717) is 4.83 Å². The first kappa shape index (κ1) is 14.6. The third-order valence-corrected chi connectivity index (χ3v) is 4.67. The summed E-state index contributed by atoms with van der Waals surface area (Å²) < 4.78 is 6.25. The lowest BCUT2D eigenvalue weighted by atomic mass is 10.0. The predicted molar refractivity (Wildman–Crippen MR) is 87.1 cm³/mol. The van der Waals surface area contributed by atoms with Crippen LogP contribution in [-0.2, 0) is 6.42 Å². The molecule has 2 aromatic rings. The zero-order valence-electron chi connectivity index (χ0n) is 10.8. The van der Waals surface area contributed by atoms with E-state index in [2.05, 4.69) is 68.3 Å². The third kappa shape index (κ3) is 4.08. The van der Waals surface area contributed by atoms with Crippen LogP contribution < -0.4 is 4.74 Å². The molecule has 2 rings (SSSR count). The van der Waals surface area contributed by atoms with Gasteiger partial charge in [0.05, 0.1) is 11.6 Å². The molecule has 0 N–H and O–H groups in total. The molecule has 0 radical (unpaired) electrons. The summed E-state index contributed by atoms with van der Waals surface area (Å²) in [4.78, 5) is 0.398. The highest BCUT2D eigenvalue weighted by molar-refractivity contribution is 9.10. The molecule has 0 aliphatic heterocycles. The van der Waals surface area contributed by atoms with Crippen LogP contribution in [0.2, 0.25) is 0 Å². The van der Waals surface area contributed by atoms with Crippen LogP contribution in [0.5, 0.6) is 5.75 Å². The lowest BCUT2D eigenvalue weighted by molar-refractivity contribution is 0.412. The van der Waals surface area contributed by atoms with Crippen LogP contribution in [0, 0.1) is 0 Å². The van der Waals surface area contributed by atoms with E-state index in [1.165, 1.54) is 11.1 Å². The molecule has 0 aliphatic carbocycles. The van der Waals surface area contributed by atoms with Gasteiger partial charge in [-0.2, -0.15) is 0 Å². The molecule has 19 heavy (non-hydrogen) atoms. The standard InChI is InChI=1S/C16H16Br2O/c1-19-16-10-8-12(11-15(16)18)7-9-14(17)13-5-3-2-4-6-13/h2-6,8,10-11,14H,7,9H2,1H3. The minimum Gasteiger partial charge on any atom is -0.496 e. The van der Waals surface area contributed by atoms with Gasteiger partial charge in [-0.3, -0.25) is 0 Å². The van der Waals surface area contributed by atoms with Crippen molar-refractivity contribution in [2.75, 3.05) is 7.11 Å². The number of ether oxygens (including phenoxy) is 1. The molecule has 0 amide bonds. The molecule has 0 spiro atoms. The van der Waals surface area contributed by atoms with E-state index >= 15 is 0 Å². The molecule has 0 aliphatic rings. The molecule has 0 saturated carbocycles. The maximum atomic E-state index is 5.24. The summed E-state index contributed by atoms with van der Waals surface area (Å²) >= 11 is 7.28. The van der Waals surface area contributed by atoms with Crippen LogP contribution in [0.25, 0.3) is 0 Å². The molecule has 1 nitrogen and oxygen atoms in total. The van der Waals surface area contributed by atoms with Crippen molar-refractivity contribution in [3.63, 3.8) is 0 Å². The largest absolute Gasteiger partial charge is 0.496 e. The van der Waals surface area contributed by atoms with E-state index in [4.69, 9.17) is 4.74 Å². The fraction of sp³-hybridized carbons (Fsp3) is 0.250. The lowest BCUT2D eigenvalue weighted by Crippen LogP contribution is -1.94. The zero-order chi connectivity index (χ0) is 13.7. The van der Waals surface area contributed by atoms with Crippen molar-refractivity contribution in [2.24, 2.45) is 0 Å². The summed E-state index contributed by atoms with van der Waals surface area (Å²) in [6.07, 6.45) is 2.11. The van der Waals surface area contributed by atoms with Crippen molar-refractivity contribution < 1.29 is 4.74 Å². The number of hydrogen-bond acceptors (Lipinski definition) is 1. The monoisotopic (exact) mass is 382 g/mol. The number of methoxy groups -OCH3 is 1. The zero-order valence-corrected chi connectivity index (χ0v) is 13.9. The Balaban J connectivity index is 1.97. The van der Waals surface area contributed by atoms with Crippen LogP contribution in [0.4, 0.5) is 0 Å². The Bertz CT molecular complexity index is 526. The fourth-order valence-electron chi connectivity index (χ4n) is 1.99. The lowest BCUT2D eigenvalue weighted by Gasteiger charge is -2.11. The average molecular weight is 384 g/mol. The van der Waals surface area contributed by atoms with Crippen molar-refractivity contribution in [3.8, 4) is 5.75 Å². The van der Waals surface area contributed by atoms with Gasteiger partial charge in [0.2, 0.25) is 0 Å². The summed E-state index contributed by atoms with van der Waals surface area (Å²) in [6, 6.07) is 16.8. The number of halogens is 2. The summed E-state index contributed by atoms with van der Waals surface area (Å²) in [5, 5.41) is 0. The Morgan fingerprint density at radius 3 is 2.47 bits per heavy atom. The van der Waals surface area contributed by atoms with E-state index in [1.807, 2.05) is 12.1 Å². The normalized spacial score (nSPS) is 12.2. The fourth-order valence-corrected chi connectivity index (χ4v) is 3.11. The quantitative estimate of drug-likeness (QED) is 0.617. The molecule has 0 saturated heterocycles. The second-order valence-corrected chi connectivity index (χ2v) is 6.35. The number of alkyl halides is 1. The van der Waals surface area contributed by atoms with Gasteiger partial charge in [0.15, 0.2) is 0 Å². The van der Waals surface area contributed by atoms with Gasteiger partial charge in [0.25, 0.3) is 0 Å². The van der Waals surface area contributed by atoms with Crippen molar-refractivity contribution in [1.82, 2.24) is 0 Å². The highest BCUT2D eigenvalue weighted by Crippen LogP contribution is 2.30. The molecule has 3 heteroatoms. The smallest absolute Gasteiger partial charge is 0.133 e. The Morgan fingerprint density at radius 2 is 1.84 bits per heavy atom. The van der Waals surface area contributed by atoms with Crippen molar-refractivity contribution >= 4 is 31.9 Å². The summed E-state index contributed by atoms with van der Waals surface area (Å²) in [5.41, 5.74) is 2.64. The molecular formula is C16H16Br2O. The van der Waals surface area contributed by atoms with E-state index in [1.54, 1.807) is 7.11 Å². The van der Waals surface area contributed by atoms with Crippen LogP contribution in [0.15, 0.2) is 53.0 Å². The highest BCUT2D eigenvalue weighted by atomic mass is 79.9. The minimum atomic E-state index is 0.398. The van der Waals surface area contributed by atoms with Gasteiger partial charge in [-0.25, -0.2) is 0 Å². The van der Waals surface area contributed by atoms with Gasteiger partial charge in [-0.05, 0) is 52.0 Å². The number of hydrogen-bond donors (Lipinski definition) is 0. The van der Waals surface area contributed by atoms with E-state index in [9.17, 15) is 0 Å². The Kier molecular flexibility index (Phi) is 5.46. The maximum Gasteiger partial charge on any atom is 0.133 e. The first-order chi connectivity index (χ1) is 9.20. The number of aryl methyl sites for hydroxylation is 1. The van der Waals surface area contributed by atoms with Gasteiger partial charge in [0.1, 0.15) is 5.75 Å². The van der Waals surface area contributed by atoms with E-state index < -0.39 is 0 Å². The molecule has 0 fully saturated rings. The second kappa shape index (κ2) is 7.11. The highest BCUT2D eigenvalue weighted by Gasteiger charge is 2.08. The first-order valence-corrected chi connectivity index (χ1v) is 7.93. The van der Waals surface area contributed by atoms with Crippen LogP contribution >= 0.6 is 31.9 Å². The second-order valence-electron chi connectivity index (χ2n) is 4.39. The average Bonchev–Trinajstić information content (AvgIpc) is 2.46. The first-order valence-electron chi connectivity index (χ1n) is 6.22. The Morgan fingerprint density at radius 1 is 1.11 bits per heavy atom. The van der Waals surface area contributed by atoms with Gasteiger partial charge in [-0.15, -0.1) is 0 Å². The SMILES string of the molecule is COc1ccc(CCC(Br)c2ccccc2)cc1Br. The van der Waals surface area contributed by atoms with Gasteiger partial charge in [-0.1, -0.05) is 52.3 Å². The summed E-state index contributed by atoms with van der Waals surface area (Å²) in [5.74, 6) is 0.877. The molecule has 0 aromatic heterocycles. The van der Waals surface area contributed by atoms with Gasteiger partial charge < -0.3 is 4.74 Å². The summed E-state index contributed by atoms with van der Waals surface area (Å²) in [7, 11) is 1.68.